The van der Waals surface area contributed by atoms with E-state index in [1.54, 1.807) is 0 Å². The van der Waals surface area contributed by atoms with Gasteiger partial charge in [-0.1, -0.05) is 0 Å². The van der Waals surface area contributed by atoms with E-state index in [-0.39, 0.29) is 62.7 Å². The molecule has 7 N–H and O–H groups in total. The highest BCUT2D eigenvalue weighted by Gasteiger charge is 2.34. The number of rotatable bonds is 3. The van der Waals surface area contributed by atoms with Crippen LogP contribution in [0.25, 0.3) is 33.4 Å². The molecule has 1 unspecified atom stereocenters. The first kappa shape index (κ1) is 25.4. The van der Waals surface area contributed by atoms with Gasteiger partial charge in [0.25, 0.3) is 0 Å². The highest BCUT2D eigenvalue weighted by Crippen LogP contribution is 2.50. The molecule has 41 heavy (non-hydrogen) atoms. The van der Waals surface area contributed by atoms with Gasteiger partial charge >= 0.3 is 0 Å². The summed E-state index contributed by atoms with van der Waals surface area (Å²) < 4.78 is 11.7. The van der Waals surface area contributed by atoms with Crippen LogP contribution >= 0.6 is 0 Å². The predicted molar refractivity (Wildman–Crippen MR) is 144 cm³/mol. The lowest BCUT2D eigenvalue weighted by Crippen LogP contribution is -2.21. The predicted octanol–water partition coefficient (Wildman–Crippen LogP) is 4.77. The second-order valence-electron chi connectivity index (χ2n) is 9.51. The number of hydrogen-bond acceptors (Lipinski definition) is 11. The molecule has 2 heterocycles. The number of ketones is 1. The van der Waals surface area contributed by atoms with Crippen molar-refractivity contribution in [3.05, 3.63) is 82.0 Å². The van der Waals surface area contributed by atoms with Crippen LogP contribution in [0.2, 0.25) is 0 Å². The summed E-state index contributed by atoms with van der Waals surface area (Å²) >= 11 is 0. The fraction of sp³-hybridized carbons (Fsp3) is 0.0667. The van der Waals surface area contributed by atoms with Gasteiger partial charge in [0.05, 0.1) is 12.0 Å². The maximum absolute atomic E-state index is 13.2. The molecule has 11 nitrogen and oxygen atoms in total. The third-order valence-corrected chi connectivity index (χ3v) is 6.87. The lowest BCUT2D eigenvalue weighted by molar-refractivity contribution is 0.0845. The molecular formula is C30H20O11. The van der Waals surface area contributed by atoms with E-state index in [9.17, 15) is 45.3 Å². The summed E-state index contributed by atoms with van der Waals surface area (Å²) in [7, 11) is 0. The van der Waals surface area contributed by atoms with E-state index in [0.29, 0.717) is 5.56 Å². The van der Waals surface area contributed by atoms with E-state index in [2.05, 4.69) is 0 Å². The van der Waals surface area contributed by atoms with E-state index < -0.39 is 46.1 Å². The molecule has 6 rings (SSSR count). The van der Waals surface area contributed by atoms with Gasteiger partial charge in [-0.05, 0) is 42.0 Å². The molecule has 0 aliphatic carbocycles. The van der Waals surface area contributed by atoms with Crippen molar-refractivity contribution in [1.29, 1.82) is 0 Å². The first-order chi connectivity index (χ1) is 19.5. The van der Waals surface area contributed by atoms with Crippen molar-refractivity contribution < 1.29 is 49.7 Å². The minimum Gasteiger partial charge on any atom is -0.508 e. The quantitative estimate of drug-likeness (QED) is 0.151. The van der Waals surface area contributed by atoms with Crippen LogP contribution in [-0.4, -0.2) is 41.5 Å². The lowest BCUT2D eigenvalue weighted by atomic mass is 9.88. The van der Waals surface area contributed by atoms with Crippen LogP contribution in [0.4, 0.5) is 0 Å². The molecule has 11 heteroatoms. The Labute approximate surface area is 229 Å². The van der Waals surface area contributed by atoms with Crippen molar-refractivity contribution in [2.75, 3.05) is 0 Å². The summed E-state index contributed by atoms with van der Waals surface area (Å²) in [6.07, 6.45) is -1.52. The van der Waals surface area contributed by atoms with Crippen LogP contribution in [-0.2, 0) is 0 Å². The molecule has 206 valence electrons. The summed E-state index contributed by atoms with van der Waals surface area (Å²) in [5.41, 5.74) is -0.876. The number of benzene rings is 4. The van der Waals surface area contributed by atoms with Crippen molar-refractivity contribution in [3.8, 4) is 68.4 Å². The number of Topliss-reactive ketones (excluding diaryl/α,β-unsaturated/α-hetero) is 1. The van der Waals surface area contributed by atoms with Crippen LogP contribution in [0.5, 0.6) is 46.0 Å². The van der Waals surface area contributed by atoms with Crippen LogP contribution in [0.1, 0.15) is 28.4 Å². The molecule has 5 aromatic rings. The van der Waals surface area contributed by atoms with Crippen molar-refractivity contribution in [3.63, 3.8) is 0 Å². The van der Waals surface area contributed by atoms with Crippen molar-refractivity contribution in [2.24, 2.45) is 0 Å². The SMILES string of the molecule is O=C1CC(c2cc(O)c(O)cc2-c2c(O)cc3oc(-c4ccc(O)cc4)cc(=O)c3c2O)Oc2cc(O)cc(O)c21. The molecule has 0 saturated heterocycles. The molecule has 1 aromatic heterocycles. The third kappa shape index (κ3) is 4.16. The molecule has 1 aliphatic rings. The van der Waals surface area contributed by atoms with Crippen LogP contribution in [0, 0.1) is 0 Å². The highest BCUT2D eigenvalue weighted by atomic mass is 16.5. The molecule has 0 amide bonds. The second kappa shape index (κ2) is 9.12. The lowest BCUT2D eigenvalue weighted by Gasteiger charge is -2.28. The number of hydrogen-bond donors (Lipinski definition) is 7. The number of carbonyl (C=O) groups excluding carboxylic acids is 1. The van der Waals surface area contributed by atoms with Crippen LogP contribution in [0.15, 0.2) is 69.9 Å². The second-order valence-corrected chi connectivity index (χ2v) is 9.51. The van der Waals surface area contributed by atoms with Gasteiger partial charge in [-0.3, -0.25) is 9.59 Å². The first-order valence-corrected chi connectivity index (χ1v) is 12.2. The maximum atomic E-state index is 13.2. The van der Waals surface area contributed by atoms with Gasteiger partial charge in [0.15, 0.2) is 22.7 Å². The Morgan fingerprint density at radius 3 is 2.10 bits per heavy atom. The molecule has 0 saturated carbocycles. The fourth-order valence-corrected chi connectivity index (χ4v) is 5.00. The van der Waals surface area contributed by atoms with E-state index in [1.165, 1.54) is 24.3 Å². The maximum Gasteiger partial charge on any atom is 0.197 e. The number of aromatic hydroxyl groups is 7. The summed E-state index contributed by atoms with van der Waals surface area (Å²) in [6, 6.07) is 12.3. The number of ether oxygens (including phenoxy) is 1. The summed E-state index contributed by atoms with van der Waals surface area (Å²) in [6.45, 7) is 0. The minimum absolute atomic E-state index is 0.00510. The summed E-state index contributed by atoms with van der Waals surface area (Å²) in [5.74, 6) is -3.93. The van der Waals surface area contributed by atoms with Gasteiger partial charge in [-0.15, -0.1) is 0 Å². The summed E-state index contributed by atoms with van der Waals surface area (Å²) in [5, 5.41) is 72.1. The van der Waals surface area contributed by atoms with Gasteiger partial charge < -0.3 is 44.9 Å². The molecule has 1 atom stereocenters. The molecule has 1 aliphatic heterocycles. The Bertz CT molecular complexity index is 1960. The van der Waals surface area contributed by atoms with Gasteiger partial charge in [-0.25, -0.2) is 0 Å². The van der Waals surface area contributed by atoms with Gasteiger partial charge in [0, 0.05) is 35.4 Å². The Hall–Kier alpha value is -5.84. The van der Waals surface area contributed by atoms with Crippen molar-refractivity contribution >= 4 is 16.8 Å². The number of fused-ring (bicyclic) bond motifs is 2. The summed E-state index contributed by atoms with van der Waals surface area (Å²) in [4.78, 5) is 26.1. The average Bonchev–Trinajstić information content (AvgIpc) is 2.89. The molecule has 4 aromatic carbocycles. The normalized spacial score (nSPS) is 14.5. The monoisotopic (exact) mass is 556 g/mol. The highest BCUT2D eigenvalue weighted by molar-refractivity contribution is 6.03. The Morgan fingerprint density at radius 1 is 0.683 bits per heavy atom. The zero-order chi connectivity index (χ0) is 29.2. The standard InChI is InChI=1S/C30H20O11/c31-13-3-1-12(2-4-13)23-9-22(38)29-26(40-23)11-20(36)27(30(29)39)16-8-18(34)17(33)7-15(16)24-10-21(37)28-19(35)5-14(32)6-25(28)41-24/h1-9,11,24,31-36,39H,10H2. The number of phenolic OH excluding ortho intramolecular Hbond substituents is 7. The van der Waals surface area contributed by atoms with Gasteiger partial charge in [-0.2, -0.15) is 0 Å². The molecular weight excluding hydrogens is 536 g/mol. The van der Waals surface area contributed by atoms with Gasteiger partial charge in [0.2, 0.25) is 0 Å². The average molecular weight is 556 g/mol. The van der Waals surface area contributed by atoms with E-state index in [1.807, 2.05) is 0 Å². The van der Waals surface area contributed by atoms with Gasteiger partial charge in [0.1, 0.15) is 62.9 Å². The van der Waals surface area contributed by atoms with Crippen molar-refractivity contribution in [2.45, 2.75) is 12.5 Å². The first-order valence-electron chi connectivity index (χ1n) is 12.2. The molecule has 0 radical (unpaired) electrons. The Morgan fingerprint density at radius 2 is 1.37 bits per heavy atom. The smallest absolute Gasteiger partial charge is 0.197 e. The number of phenols is 7. The Kier molecular flexibility index (Phi) is 5.66. The van der Waals surface area contributed by atoms with Crippen LogP contribution in [0.3, 0.4) is 0 Å². The van der Waals surface area contributed by atoms with E-state index in [4.69, 9.17) is 9.15 Å². The minimum atomic E-state index is -1.17. The van der Waals surface area contributed by atoms with E-state index in [0.717, 1.165) is 36.4 Å². The zero-order valence-corrected chi connectivity index (χ0v) is 20.8. The third-order valence-electron chi connectivity index (χ3n) is 6.87. The Balaban J connectivity index is 1.53. The molecule has 0 spiro atoms. The topological polar surface area (TPSA) is 198 Å². The van der Waals surface area contributed by atoms with E-state index >= 15 is 0 Å². The number of carbonyl (C=O) groups is 1. The van der Waals surface area contributed by atoms with Crippen molar-refractivity contribution in [1.82, 2.24) is 0 Å². The largest absolute Gasteiger partial charge is 0.508 e. The molecule has 0 bridgehead atoms. The zero-order valence-electron chi connectivity index (χ0n) is 20.8. The van der Waals surface area contributed by atoms with Crippen LogP contribution < -0.4 is 10.2 Å². The molecule has 0 fully saturated rings. The fourth-order valence-electron chi connectivity index (χ4n) is 5.00.